The second kappa shape index (κ2) is 7.30. The summed E-state index contributed by atoms with van der Waals surface area (Å²) in [7, 11) is 3.29. The topological polar surface area (TPSA) is 43.4 Å². The van der Waals surface area contributed by atoms with E-state index in [1.807, 2.05) is 12.1 Å². The number of methoxy groups -OCH3 is 2. The minimum atomic E-state index is 0.145. The van der Waals surface area contributed by atoms with Crippen LogP contribution in [-0.2, 0) is 4.74 Å². The summed E-state index contributed by atoms with van der Waals surface area (Å²) < 4.78 is 10.3. The monoisotopic (exact) mass is 244 g/mol. The molecule has 0 radical (unpaired) electrons. The number of pyridine rings is 1. The summed E-state index contributed by atoms with van der Waals surface area (Å²) in [5.41, 5.74) is 0. The van der Waals surface area contributed by atoms with Gasteiger partial charge in [0.15, 0.2) is 11.6 Å². The van der Waals surface area contributed by atoms with Gasteiger partial charge in [0.25, 0.3) is 0 Å². The Hall–Kier alpha value is -1.00. The fourth-order valence-electron chi connectivity index (χ4n) is 1.39. The maximum Gasteiger partial charge on any atom is 0.169 e. The van der Waals surface area contributed by atoms with Crippen LogP contribution in [0, 0.1) is 0 Å². The van der Waals surface area contributed by atoms with Gasteiger partial charge in [0.2, 0.25) is 0 Å². The van der Waals surface area contributed by atoms with Crippen LogP contribution in [-0.4, -0.2) is 37.7 Å². The molecular weight excluding hydrogens is 228 g/mol. The first kappa shape index (κ1) is 13.1. The first-order valence-corrected chi connectivity index (χ1v) is 5.65. The van der Waals surface area contributed by atoms with Crippen LogP contribution in [0.4, 0.5) is 5.82 Å². The normalized spacial score (nSPS) is 12.2. The Morgan fingerprint density at radius 3 is 2.94 bits per heavy atom. The van der Waals surface area contributed by atoms with Crippen LogP contribution in [0.15, 0.2) is 18.3 Å². The molecule has 0 spiro atoms. The van der Waals surface area contributed by atoms with Gasteiger partial charge in [-0.2, -0.15) is 0 Å². The molecule has 0 amide bonds. The number of nitrogens with zero attached hydrogens (tertiary/aromatic N) is 1. The van der Waals surface area contributed by atoms with E-state index in [1.54, 1.807) is 20.4 Å². The average Bonchev–Trinajstić information content (AvgIpc) is 2.30. The summed E-state index contributed by atoms with van der Waals surface area (Å²) in [6, 6.07) is 3.84. The van der Waals surface area contributed by atoms with Crippen LogP contribution in [0.1, 0.15) is 6.42 Å². The van der Waals surface area contributed by atoms with Gasteiger partial charge in [-0.25, -0.2) is 4.98 Å². The van der Waals surface area contributed by atoms with E-state index in [4.69, 9.17) is 21.1 Å². The molecule has 4 nitrogen and oxygen atoms in total. The number of rotatable bonds is 7. The van der Waals surface area contributed by atoms with Gasteiger partial charge in [0.1, 0.15) is 0 Å². The van der Waals surface area contributed by atoms with Crippen molar-refractivity contribution < 1.29 is 9.47 Å². The molecule has 90 valence electrons. The molecule has 1 rings (SSSR count). The van der Waals surface area contributed by atoms with E-state index < -0.39 is 0 Å². The maximum absolute atomic E-state index is 5.72. The molecular formula is C11H17ClN2O2. The lowest BCUT2D eigenvalue weighted by atomic mass is 10.2. The van der Waals surface area contributed by atoms with Crippen molar-refractivity contribution in [1.29, 1.82) is 0 Å². The second-order valence-electron chi connectivity index (χ2n) is 3.33. The van der Waals surface area contributed by atoms with Gasteiger partial charge in [-0.05, 0) is 18.6 Å². The number of aromatic nitrogens is 1. The van der Waals surface area contributed by atoms with Crippen LogP contribution < -0.4 is 10.1 Å². The van der Waals surface area contributed by atoms with Crippen LogP contribution >= 0.6 is 11.6 Å². The molecule has 0 fully saturated rings. The molecule has 0 saturated heterocycles. The van der Waals surface area contributed by atoms with Crippen LogP contribution in [0.2, 0.25) is 0 Å². The lowest BCUT2D eigenvalue weighted by Crippen LogP contribution is -2.26. The molecule has 5 heteroatoms. The lowest BCUT2D eigenvalue weighted by Gasteiger charge is -2.18. The third-order valence-corrected chi connectivity index (χ3v) is 2.38. The molecule has 0 aliphatic rings. The van der Waals surface area contributed by atoms with E-state index >= 15 is 0 Å². The fourth-order valence-corrected chi connectivity index (χ4v) is 1.65. The van der Waals surface area contributed by atoms with Crippen molar-refractivity contribution in [3.63, 3.8) is 0 Å². The number of alkyl halides is 1. The van der Waals surface area contributed by atoms with Crippen molar-refractivity contribution in [1.82, 2.24) is 4.98 Å². The number of hydrogen-bond donors (Lipinski definition) is 1. The molecule has 0 aliphatic heterocycles. The smallest absolute Gasteiger partial charge is 0.169 e. The van der Waals surface area contributed by atoms with Gasteiger partial charge in [0, 0.05) is 19.2 Å². The predicted octanol–water partition coefficient (Wildman–Crippen LogP) is 2.15. The van der Waals surface area contributed by atoms with E-state index in [2.05, 4.69) is 10.3 Å². The molecule has 1 atom stereocenters. The second-order valence-corrected chi connectivity index (χ2v) is 3.71. The van der Waals surface area contributed by atoms with Gasteiger partial charge >= 0.3 is 0 Å². The summed E-state index contributed by atoms with van der Waals surface area (Å²) in [6.07, 6.45) is 2.53. The average molecular weight is 245 g/mol. The van der Waals surface area contributed by atoms with Crippen molar-refractivity contribution >= 4 is 17.4 Å². The molecule has 0 saturated carbocycles. The zero-order chi connectivity index (χ0) is 11.8. The highest BCUT2D eigenvalue weighted by atomic mass is 35.5. The quantitative estimate of drug-likeness (QED) is 0.747. The molecule has 1 heterocycles. The maximum atomic E-state index is 5.72. The zero-order valence-corrected chi connectivity index (χ0v) is 10.3. The van der Waals surface area contributed by atoms with Gasteiger partial charge in [-0.15, -0.1) is 11.6 Å². The Morgan fingerprint density at radius 1 is 1.50 bits per heavy atom. The number of nitrogens with one attached hydrogen (secondary N) is 1. The van der Waals surface area contributed by atoms with Gasteiger partial charge in [-0.3, -0.25) is 0 Å². The Kier molecular flexibility index (Phi) is 5.96. The number of ether oxygens (including phenoxy) is 2. The van der Waals surface area contributed by atoms with Crippen LogP contribution in [0.3, 0.4) is 0 Å². The summed E-state index contributed by atoms with van der Waals surface area (Å²) in [5.74, 6) is 2.02. The Morgan fingerprint density at radius 2 is 2.31 bits per heavy atom. The number of halogens is 1. The first-order valence-electron chi connectivity index (χ1n) is 5.12. The minimum absolute atomic E-state index is 0.145. The lowest BCUT2D eigenvalue weighted by molar-refractivity contribution is 0.184. The van der Waals surface area contributed by atoms with Gasteiger partial charge in [-0.1, -0.05) is 0 Å². The molecule has 16 heavy (non-hydrogen) atoms. The standard InChI is InChI=1S/C11H17ClN2O2/c1-15-8-9(5-6-12)14-11-10(16-2)4-3-7-13-11/h3-4,7,9H,5-6,8H2,1-2H3,(H,13,14). The molecule has 1 aromatic heterocycles. The molecule has 1 aromatic rings. The van der Waals surface area contributed by atoms with E-state index in [-0.39, 0.29) is 6.04 Å². The molecule has 0 aromatic carbocycles. The van der Waals surface area contributed by atoms with Crippen molar-refractivity contribution in [2.24, 2.45) is 0 Å². The van der Waals surface area contributed by atoms with Crippen LogP contribution in [0.5, 0.6) is 5.75 Å². The first-order chi connectivity index (χ1) is 7.81. The Balaban J connectivity index is 2.67. The summed E-state index contributed by atoms with van der Waals surface area (Å²) in [4.78, 5) is 4.22. The molecule has 1 unspecified atom stereocenters. The number of anilines is 1. The third-order valence-electron chi connectivity index (χ3n) is 2.16. The molecule has 0 bridgehead atoms. The van der Waals surface area contributed by atoms with Crippen molar-refractivity contribution in [2.75, 3.05) is 32.0 Å². The van der Waals surface area contributed by atoms with Crippen molar-refractivity contribution in [2.45, 2.75) is 12.5 Å². The highest BCUT2D eigenvalue weighted by Gasteiger charge is 2.11. The van der Waals surface area contributed by atoms with Gasteiger partial charge < -0.3 is 14.8 Å². The highest BCUT2D eigenvalue weighted by Crippen LogP contribution is 2.21. The van der Waals surface area contributed by atoms with Crippen molar-refractivity contribution in [3.8, 4) is 5.75 Å². The third kappa shape index (κ3) is 3.87. The van der Waals surface area contributed by atoms with E-state index in [9.17, 15) is 0 Å². The predicted molar refractivity (Wildman–Crippen MR) is 65.4 cm³/mol. The Bertz CT molecular complexity index is 304. The van der Waals surface area contributed by atoms with E-state index in [1.165, 1.54) is 0 Å². The fraction of sp³-hybridized carbons (Fsp3) is 0.545. The SMILES string of the molecule is COCC(CCCl)Nc1ncccc1OC. The van der Waals surface area contributed by atoms with E-state index in [0.29, 0.717) is 12.5 Å². The molecule has 1 N–H and O–H groups in total. The van der Waals surface area contributed by atoms with Gasteiger partial charge in [0.05, 0.1) is 19.8 Å². The summed E-state index contributed by atoms with van der Waals surface area (Å²) in [6.45, 7) is 0.590. The zero-order valence-electron chi connectivity index (χ0n) is 9.57. The summed E-state index contributed by atoms with van der Waals surface area (Å²) in [5, 5.41) is 3.25. The largest absolute Gasteiger partial charge is 0.493 e. The van der Waals surface area contributed by atoms with Crippen LogP contribution in [0.25, 0.3) is 0 Å². The number of hydrogen-bond acceptors (Lipinski definition) is 4. The minimum Gasteiger partial charge on any atom is -0.493 e. The Labute approximate surface area is 101 Å². The summed E-state index contributed by atoms with van der Waals surface area (Å²) >= 11 is 5.72. The highest BCUT2D eigenvalue weighted by molar-refractivity contribution is 6.17. The van der Waals surface area contributed by atoms with E-state index in [0.717, 1.165) is 18.0 Å². The van der Waals surface area contributed by atoms with Crippen molar-refractivity contribution in [3.05, 3.63) is 18.3 Å². The molecule has 0 aliphatic carbocycles.